The van der Waals surface area contributed by atoms with Gasteiger partial charge in [0.15, 0.2) is 0 Å². The summed E-state index contributed by atoms with van der Waals surface area (Å²) in [5, 5.41) is 11.9. The number of hydrogen-bond acceptors (Lipinski definition) is 3. The van der Waals surface area contributed by atoms with Crippen molar-refractivity contribution in [2.75, 3.05) is 31.1 Å². The van der Waals surface area contributed by atoms with Crippen molar-refractivity contribution in [2.24, 2.45) is 0 Å². The lowest BCUT2D eigenvalue weighted by Gasteiger charge is -2.22. The highest BCUT2D eigenvalue weighted by Gasteiger charge is 2.22. The van der Waals surface area contributed by atoms with Gasteiger partial charge in [0.25, 0.3) is 0 Å². The molecule has 0 unspecified atom stereocenters. The number of benzene rings is 3. The van der Waals surface area contributed by atoms with Gasteiger partial charge in [0.1, 0.15) is 24.4 Å². The van der Waals surface area contributed by atoms with Gasteiger partial charge in [0, 0.05) is 47.4 Å². The lowest BCUT2D eigenvalue weighted by atomic mass is 9.90. The van der Waals surface area contributed by atoms with E-state index in [0.29, 0.717) is 5.56 Å². The number of rotatable bonds is 7. The van der Waals surface area contributed by atoms with Crippen molar-refractivity contribution in [1.29, 1.82) is 0 Å². The van der Waals surface area contributed by atoms with Gasteiger partial charge in [-0.1, -0.05) is 18.2 Å². The summed E-state index contributed by atoms with van der Waals surface area (Å²) < 4.78 is 8.74. The number of carbonyl (C=O) groups is 1. The van der Waals surface area contributed by atoms with E-state index in [1.165, 1.54) is 0 Å². The van der Waals surface area contributed by atoms with E-state index in [4.69, 9.17) is 4.42 Å². The molecule has 0 bridgehead atoms. The van der Waals surface area contributed by atoms with Crippen LogP contribution in [0.2, 0.25) is 0 Å². The van der Waals surface area contributed by atoms with Gasteiger partial charge in [-0.2, -0.15) is 0 Å². The molecule has 0 spiro atoms. The standard InChI is InChI=1S/C28H30N2O3.ClH/c1-5-29(6-2)19-13-15-23-25(17-19)33-26-18-20(30(7-3)8-4)14-16-24(26)27(23)21-11-9-10-12-22(21)28(31)32;/h9-18H,5-8H2,1-4H3;1H/p+1. The molecule has 2 aliphatic rings. The van der Waals surface area contributed by atoms with E-state index in [0.717, 1.165) is 65.1 Å². The van der Waals surface area contributed by atoms with Crippen molar-refractivity contribution >= 4 is 35.0 Å². The molecule has 2 aromatic rings. The molecule has 178 valence electrons. The SMILES string of the molecule is CCN(CC)c1ccc2c(-c3ccccc3C(=O)O)c3ccc(=[N+](CC)CC)cc-3oc2c1.Cl. The molecular formula is C28H32ClN2O3+. The quantitative estimate of drug-likeness (QED) is 0.261. The van der Waals surface area contributed by atoms with Crippen molar-refractivity contribution < 1.29 is 14.3 Å². The molecule has 5 nitrogen and oxygen atoms in total. The number of nitrogens with zero attached hydrogens (tertiary/aromatic N) is 2. The summed E-state index contributed by atoms with van der Waals surface area (Å²) in [6, 6.07) is 19.6. The van der Waals surface area contributed by atoms with E-state index in [1.807, 2.05) is 12.1 Å². The van der Waals surface area contributed by atoms with Crippen LogP contribution in [0, 0.1) is 0 Å². The maximum atomic E-state index is 12.1. The first kappa shape index (κ1) is 25.3. The van der Waals surface area contributed by atoms with E-state index in [2.05, 4.69) is 73.6 Å². The third-order valence-corrected chi connectivity index (χ3v) is 6.37. The highest BCUT2D eigenvalue weighted by atomic mass is 35.5. The molecule has 0 saturated carbocycles. The minimum atomic E-state index is -0.938. The molecule has 1 aliphatic heterocycles. The third-order valence-electron chi connectivity index (χ3n) is 6.37. The molecule has 0 aromatic heterocycles. The Hall–Kier alpha value is -3.31. The highest BCUT2D eigenvalue weighted by molar-refractivity contribution is 6.07. The summed E-state index contributed by atoms with van der Waals surface area (Å²) in [4.78, 5) is 14.3. The fraction of sp³-hybridized carbons (Fsp3) is 0.286. The molecule has 0 fully saturated rings. The third kappa shape index (κ3) is 4.53. The van der Waals surface area contributed by atoms with Crippen LogP contribution in [0.5, 0.6) is 0 Å². The zero-order valence-electron chi connectivity index (χ0n) is 20.2. The Kier molecular flexibility index (Phi) is 8.00. The minimum Gasteiger partial charge on any atom is -0.478 e. The zero-order chi connectivity index (χ0) is 23.5. The highest BCUT2D eigenvalue weighted by Crippen LogP contribution is 2.42. The number of carboxylic acid groups (broad SMARTS) is 1. The molecule has 1 aliphatic carbocycles. The molecule has 34 heavy (non-hydrogen) atoms. The Morgan fingerprint density at radius 2 is 1.62 bits per heavy atom. The Labute approximate surface area is 206 Å². The van der Waals surface area contributed by atoms with Crippen LogP contribution in [-0.2, 0) is 0 Å². The van der Waals surface area contributed by atoms with Crippen LogP contribution in [0.4, 0.5) is 5.69 Å². The summed E-state index contributed by atoms with van der Waals surface area (Å²) >= 11 is 0. The van der Waals surface area contributed by atoms with Crippen molar-refractivity contribution in [1.82, 2.24) is 4.58 Å². The summed E-state index contributed by atoms with van der Waals surface area (Å²) in [5.74, 6) is -0.189. The topological polar surface area (TPSA) is 56.7 Å². The molecule has 1 heterocycles. The first-order chi connectivity index (χ1) is 16.0. The Bertz CT molecular complexity index is 1350. The summed E-state index contributed by atoms with van der Waals surface area (Å²) in [6.45, 7) is 12.1. The number of halogens is 1. The van der Waals surface area contributed by atoms with Crippen molar-refractivity contribution in [2.45, 2.75) is 27.7 Å². The fourth-order valence-electron chi connectivity index (χ4n) is 4.62. The normalized spacial score (nSPS) is 10.8. The van der Waals surface area contributed by atoms with Crippen LogP contribution in [-0.4, -0.2) is 37.3 Å². The summed E-state index contributed by atoms with van der Waals surface area (Å²) in [5.41, 5.74) is 4.62. The zero-order valence-corrected chi connectivity index (χ0v) is 21.0. The van der Waals surface area contributed by atoms with Crippen LogP contribution in [0.1, 0.15) is 38.1 Å². The minimum absolute atomic E-state index is 0. The summed E-state index contributed by atoms with van der Waals surface area (Å²) in [7, 11) is 0. The van der Waals surface area contributed by atoms with Gasteiger partial charge in [-0.15, -0.1) is 12.4 Å². The number of anilines is 1. The first-order valence-electron chi connectivity index (χ1n) is 11.7. The largest absolute Gasteiger partial charge is 0.478 e. The molecule has 0 amide bonds. The Morgan fingerprint density at radius 1 is 0.912 bits per heavy atom. The average Bonchev–Trinajstić information content (AvgIpc) is 2.84. The number of aromatic carboxylic acids is 1. The molecule has 1 N–H and O–H groups in total. The van der Waals surface area contributed by atoms with Gasteiger partial charge < -0.3 is 14.4 Å². The Morgan fingerprint density at radius 3 is 2.26 bits per heavy atom. The second-order valence-corrected chi connectivity index (χ2v) is 8.03. The number of fused-ring (bicyclic) bond motifs is 2. The number of hydrogen-bond donors (Lipinski definition) is 1. The molecule has 0 radical (unpaired) electrons. The van der Waals surface area contributed by atoms with Gasteiger partial charge in [-0.05, 0) is 57.5 Å². The molecule has 4 rings (SSSR count). The molecule has 0 saturated heterocycles. The predicted octanol–water partition coefficient (Wildman–Crippen LogP) is 5.98. The fourth-order valence-corrected chi connectivity index (χ4v) is 4.62. The van der Waals surface area contributed by atoms with Crippen LogP contribution in [0.15, 0.2) is 65.1 Å². The predicted molar refractivity (Wildman–Crippen MR) is 142 cm³/mol. The van der Waals surface area contributed by atoms with E-state index < -0.39 is 5.97 Å². The second kappa shape index (κ2) is 10.7. The van der Waals surface area contributed by atoms with Crippen LogP contribution in [0.3, 0.4) is 0 Å². The second-order valence-electron chi connectivity index (χ2n) is 8.03. The van der Waals surface area contributed by atoms with E-state index in [9.17, 15) is 9.90 Å². The van der Waals surface area contributed by atoms with Crippen molar-refractivity contribution in [3.05, 3.63) is 71.6 Å². The smallest absolute Gasteiger partial charge is 0.336 e. The van der Waals surface area contributed by atoms with Gasteiger partial charge in [-0.3, -0.25) is 0 Å². The molecule has 2 aromatic carbocycles. The van der Waals surface area contributed by atoms with Crippen molar-refractivity contribution in [3.63, 3.8) is 0 Å². The average molecular weight is 480 g/mol. The first-order valence-corrected chi connectivity index (χ1v) is 11.7. The molecular weight excluding hydrogens is 448 g/mol. The maximum absolute atomic E-state index is 12.1. The number of carboxylic acids is 1. The van der Waals surface area contributed by atoms with Gasteiger partial charge >= 0.3 is 5.97 Å². The Balaban J connectivity index is 0.00000324. The van der Waals surface area contributed by atoms with Crippen LogP contribution < -0.4 is 14.8 Å². The monoisotopic (exact) mass is 479 g/mol. The lowest BCUT2D eigenvalue weighted by molar-refractivity contribution is 0.0697. The summed E-state index contributed by atoms with van der Waals surface area (Å²) in [6.07, 6.45) is 0. The van der Waals surface area contributed by atoms with Gasteiger partial charge in [-0.25, -0.2) is 9.37 Å². The van der Waals surface area contributed by atoms with Crippen molar-refractivity contribution in [3.8, 4) is 22.5 Å². The van der Waals surface area contributed by atoms with Crippen LogP contribution in [0.25, 0.3) is 33.4 Å². The lowest BCUT2D eigenvalue weighted by Crippen LogP contribution is -2.29. The van der Waals surface area contributed by atoms with Gasteiger partial charge in [0.2, 0.25) is 5.36 Å². The van der Waals surface area contributed by atoms with Gasteiger partial charge in [0.05, 0.1) is 11.6 Å². The van der Waals surface area contributed by atoms with E-state index in [-0.39, 0.29) is 18.0 Å². The van der Waals surface area contributed by atoms with E-state index in [1.54, 1.807) is 12.1 Å². The maximum Gasteiger partial charge on any atom is 0.336 e. The van der Waals surface area contributed by atoms with Crippen LogP contribution >= 0.6 is 12.4 Å². The molecule has 0 atom stereocenters. The molecule has 6 heteroatoms. The van der Waals surface area contributed by atoms with E-state index >= 15 is 0 Å².